The second-order valence-corrected chi connectivity index (χ2v) is 3.56. The summed E-state index contributed by atoms with van der Waals surface area (Å²) in [6.07, 6.45) is 3.34. The molecule has 1 heterocycles. The first-order valence-corrected chi connectivity index (χ1v) is 5.20. The van der Waals surface area contributed by atoms with E-state index < -0.39 is 5.97 Å². The van der Waals surface area contributed by atoms with Gasteiger partial charge >= 0.3 is 12.0 Å². The Morgan fingerprint density at radius 2 is 1.87 bits per heavy atom. The minimum atomic E-state index is -0.909. The highest BCUT2D eigenvalue weighted by Crippen LogP contribution is 2.05. The molecule has 0 aromatic heterocycles. The first-order chi connectivity index (χ1) is 7.18. The van der Waals surface area contributed by atoms with Crippen molar-refractivity contribution in [3.05, 3.63) is 0 Å². The van der Waals surface area contributed by atoms with Crippen LogP contribution >= 0.6 is 0 Å². The van der Waals surface area contributed by atoms with Gasteiger partial charge in [0, 0.05) is 19.6 Å². The predicted molar refractivity (Wildman–Crippen MR) is 54.2 cm³/mol. The Hall–Kier alpha value is -1.30. The van der Waals surface area contributed by atoms with Gasteiger partial charge in [-0.3, -0.25) is 10.2 Å². The molecule has 0 aromatic rings. The molecule has 0 unspecified atom stereocenters. The molecule has 1 fully saturated rings. The summed E-state index contributed by atoms with van der Waals surface area (Å²) in [5, 5.41) is 12.7. The van der Waals surface area contributed by atoms with E-state index in [4.69, 9.17) is 5.11 Å². The van der Waals surface area contributed by atoms with E-state index in [1.807, 2.05) is 5.01 Å². The van der Waals surface area contributed by atoms with Crippen molar-refractivity contribution in [2.45, 2.75) is 25.7 Å². The molecule has 3 N–H and O–H groups in total. The highest BCUT2D eigenvalue weighted by molar-refractivity contribution is 5.74. The van der Waals surface area contributed by atoms with E-state index >= 15 is 0 Å². The van der Waals surface area contributed by atoms with Gasteiger partial charge in [-0.25, -0.2) is 9.80 Å². The fourth-order valence-corrected chi connectivity index (χ4v) is 1.47. The van der Waals surface area contributed by atoms with E-state index in [1.54, 1.807) is 0 Å². The number of carboxylic acids is 1. The van der Waals surface area contributed by atoms with Crippen molar-refractivity contribution >= 4 is 12.0 Å². The number of amides is 2. The zero-order valence-corrected chi connectivity index (χ0v) is 8.66. The Morgan fingerprint density at radius 1 is 1.20 bits per heavy atom. The molecule has 1 saturated heterocycles. The van der Waals surface area contributed by atoms with Crippen molar-refractivity contribution in [1.29, 1.82) is 0 Å². The van der Waals surface area contributed by atoms with Crippen LogP contribution in [0.15, 0.2) is 0 Å². The first-order valence-electron chi connectivity index (χ1n) is 5.20. The molecular weight excluding hydrogens is 198 g/mol. The van der Waals surface area contributed by atoms with Crippen molar-refractivity contribution in [3.63, 3.8) is 0 Å². The van der Waals surface area contributed by atoms with Gasteiger partial charge in [0.1, 0.15) is 0 Å². The van der Waals surface area contributed by atoms with Gasteiger partial charge in [0.25, 0.3) is 0 Å². The third kappa shape index (κ3) is 5.21. The minimum absolute atomic E-state index is 0.0482. The van der Waals surface area contributed by atoms with E-state index in [9.17, 15) is 9.59 Å². The van der Waals surface area contributed by atoms with E-state index in [-0.39, 0.29) is 19.0 Å². The maximum atomic E-state index is 11.2. The summed E-state index contributed by atoms with van der Waals surface area (Å²) in [7, 11) is 0. The molecule has 86 valence electrons. The zero-order valence-electron chi connectivity index (χ0n) is 8.66. The van der Waals surface area contributed by atoms with Crippen LogP contribution in [0.2, 0.25) is 0 Å². The summed E-state index contributed by atoms with van der Waals surface area (Å²) in [6.45, 7) is 1.90. The molecular formula is C9H17N3O3. The molecule has 6 nitrogen and oxygen atoms in total. The molecule has 0 saturated carbocycles. The molecule has 1 aliphatic heterocycles. The highest BCUT2D eigenvalue weighted by Gasteiger charge is 2.12. The lowest BCUT2D eigenvalue weighted by molar-refractivity contribution is -0.136. The average Bonchev–Trinajstić information content (AvgIpc) is 2.18. The van der Waals surface area contributed by atoms with Crippen molar-refractivity contribution in [2.24, 2.45) is 0 Å². The smallest absolute Gasteiger partial charge is 0.329 e. The lowest BCUT2D eigenvalue weighted by Gasteiger charge is -2.26. The van der Waals surface area contributed by atoms with Gasteiger partial charge in [-0.2, -0.15) is 0 Å². The quantitative estimate of drug-likeness (QED) is 0.624. The first kappa shape index (κ1) is 11.8. The van der Waals surface area contributed by atoms with E-state index in [1.165, 1.54) is 6.42 Å². The second-order valence-electron chi connectivity index (χ2n) is 3.56. The van der Waals surface area contributed by atoms with Gasteiger partial charge in [0.15, 0.2) is 0 Å². The number of hydrazine groups is 1. The number of rotatable bonds is 4. The van der Waals surface area contributed by atoms with Crippen molar-refractivity contribution < 1.29 is 14.7 Å². The molecule has 0 spiro atoms. The average molecular weight is 215 g/mol. The van der Waals surface area contributed by atoms with Gasteiger partial charge < -0.3 is 10.4 Å². The van der Waals surface area contributed by atoms with Crippen LogP contribution in [0.4, 0.5) is 4.79 Å². The number of urea groups is 1. The normalized spacial score (nSPS) is 17.1. The van der Waals surface area contributed by atoms with Crippen LogP contribution in [-0.2, 0) is 4.79 Å². The van der Waals surface area contributed by atoms with Crippen LogP contribution in [0.3, 0.4) is 0 Å². The lowest BCUT2D eigenvalue weighted by Crippen LogP contribution is -2.49. The van der Waals surface area contributed by atoms with Gasteiger partial charge in [-0.05, 0) is 12.8 Å². The van der Waals surface area contributed by atoms with E-state index in [0.29, 0.717) is 0 Å². The number of carbonyl (C=O) groups excluding carboxylic acids is 1. The van der Waals surface area contributed by atoms with Crippen molar-refractivity contribution in [1.82, 2.24) is 15.8 Å². The zero-order chi connectivity index (χ0) is 11.1. The summed E-state index contributed by atoms with van der Waals surface area (Å²) in [6, 6.07) is -0.321. The van der Waals surface area contributed by atoms with E-state index in [0.717, 1.165) is 25.9 Å². The maximum Gasteiger partial charge on any atom is 0.329 e. The van der Waals surface area contributed by atoms with Crippen LogP contribution in [0.5, 0.6) is 0 Å². The Bertz CT molecular complexity index is 227. The maximum absolute atomic E-state index is 11.2. The summed E-state index contributed by atoms with van der Waals surface area (Å²) in [4.78, 5) is 21.4. The number of piperidine rings is 1. The third-order valence-corrected chi connectivity index (χ3v) is 2.24. The highest BCUT2D eigenvalue weighted by atomic mass is 16.4. The predicted octanol–water partition coefficient (Wildman–Crippen LogP) is 0.161. The Kier molecular flexibility index (Phi) is 4.89. The number of carbonyl (C=O) groups is 2. The Labute approximate surface area is 88.6 Å². The summed E-state index contributed by atoms with van der Waals surface area (Å²) >= 11 is 0. The monoisotopic (exact) mass is 215 g/mol. The second kappa shape index (κ2) is 6.23. The number of nitrogens with zero attached hydrogens (tertiary/aromatic N) is 1. The largest absolute Gasteiger partial charge is 0.481 e. The van der Waals surface area contributed by atoms with Crippen LogP contribution in [0.1, 0.15) is 25.7 Å². The fraction of sp³-hybridized carbons (Fsp3) is 0.778. The van der Waals surface area contributed by atoms with Gasteiger partial charge in [0.05, 0.1) is 6.42 Å². The molecule has 1 aliphatic rings. The van der Waals surface area contributed by atoms with Crippen LogP contribution in [0, 0.1) is 0 Å². The molecule has 0 atom stereocenters. The summed E-state index contributed by atoms with van der Waals surface area (Å²) < 4.78 is 0. The third-order valence-electron chi connectivity index (χ3n) is 2.24. The van der Waals surface area contributed by atoms with Gasteiger partial charge in [0.2, 0.25) is 0 Å². The number of hydrogen-bond acceptors (Lipinski definition) is 3. The topological polar surface area (TPSA) is 81.7 Å². The molecule has 6 heteroatoms. The fourth-order valence-electron chi connectivity index (χ4n) is 1.47. The standard InChI is InChI=1S/C9H17N3O3/c13-8(14)4-5-10-9(15)11-12-6-2-1-3-7-12/h1-7H2,(H,13,14)(H2,10,11,15). The van der Waals surface area contributed by atoms with Crippen LogP contribution in [0.25, 0.3) is 0 Å². The van der Waals surface area contributed by atoms with E-state index in [2.05, 4.69) is 10.7 Å². The lowest BCUT2D eigenvalue weighted by atomic mass is 10.2. The van der Waals surface area contributed by atoms with Gasteiger partial charge in [-0.15, -0.1) is 0 Å². The number of nitrogens with one attached hydrogen (secondary N) is 2. The summed E-state index contributed by atoms with van der Waals surface area (Å²) in [5.74, 6) is -0.909. The summed E-state index contributed by atoms with van der Waals surface area (Å²) in [5.41, 5.74) is 2.68. The molecule has 1 rings (SSSR count). The molecule has 0 bridgehead atoms. The molecule has 0 radical (unpaired) electrons. The van der Waals surface area contributed by atoms with Crippen LogP contribution < -0.4 is 10.7 Å². The van der Waals surface area contributed by atoms with Crippen molar-refractivity contribution in [3.8, 4) is 0 Å². The SMILES string of the molecule is O=C(O)CCNC(=O)NN1CCCCC1. The van der Waals surface area contributed by atoms with Gasteiger partial charge in [-0.1, -0.05) is 6.42 Å². The molecule has 2 amide bonds. The molecule has 15 heavy (non-hydrogen) atoms. The number of aliphatic carboxylic acids is 1. The number of hydrogen-bond donors (Lipinski definition) is 3. The number of carboxylic acid groups (broad SMARTS) is 1. The van der Waals surface area contributed by atoms with Crippen LogP contribution in [-0.4, -0.2) is 41.8 Å². The molecule has 0 aromatic carbocycles. The minimum Gasteiger partial charge on any atom is -0.481 e. The Morgan fingerprint density at radius 3 is 2.47 bits per heavy atom. The molecule has 0 aliphatic carbocycles. The Balaban J connectivity index is 2.09. The van der Waals surface area contributed by atoms with Crippen molar-refractivity contribution in [2.75, 3.05) is 19.6 Å².